The predicted molar refractivity (Wildman–Crippen MR) is 79.0 cm³/mol. The molecule has 1 unspecified atom stereocenters. The van der Waals surface area contributed by atoms with Crippen molar-refractivity contribution in [3.05, 3.63) is 11.5 Å². The number of imidazole rings is 1. The largest absolute Gasteiger partial charge is 0.378 e. The van der Waals surface area contributed by atoms with Crippen LogP contribution in [0.15, 0.2) is 0 Å². The van der Waals surface area contributed by atoms with E-state index in [2.05, 4.69) is 14.6 Å². The van der Waals surface area contributed by atoms with Crippen molar-refractivity contribution in [2.75, 3.05) is 6.61 Å². The first-order chi connectivity index (χ1) is 9.70. The predicted octanol–water partition coefficient (Wildman–Crippen LogP) is 2.78. The number of alkyl halides is 1. The highest BCUT2D eigenvalue weighted by Crippen LogP contribution is 2.22. The Balaban J connectivity index is 1.85. The van der Waals surface area contributed by atoms with Crippen molar-refractivity contribution in [1.29, 1.82) is 0 Å². The molecule has 1 atom stereocenters. The van der Waals surface area contributed by atoms with E-state index in [4.69, 9.17) is 16.3 Å². The average Bonchev–Trinajstić information content (AvgIpc) is 2.96. The minimum Gasteiger partial charge on any atom is -0.378 e. The summed E-state index contributed by atoms with van der Waals surface area (Å²) in [6.07, 6.45) is 5.02. The van der Waals surface area contributed by atoms with Gasteiger partial charge in [-0.2, -0.15) is 5.10 Å². The van der Waals surface area contributed by atoms with Crippen molar-refractivity contribution in [3.8, 4) is 0 Å². The van der Waals surface area contributed by atoms with Crippen LogP contribution < -0.4 is 0 Å². The van der Waals surface area contributed by atoms with Gasteiger partial charge in [-0.05, 0) is 32.6 Å². The summed E-state index contributed by atoms with van der Waals surface area (Å²) in [6.45, 7) is 3.78. The number of hydrogen-bond donors (Lipinski definition) is 0. The van der Waals surface area contributed by atoms with E-state index in [-0.39, 0.29) is 0 Å². The second kappa shape index (κ2) is 5.74. The standard InChI is InChI=1S/C14H21ClN4O/c1-10-13-14(18(2)17-10)19(12(9-15)16-13)7-6-11-5-3-4-8-20-11/h11H,3-9H2,1-2H3. The molecule has 20 heavy (non-hydrogen) atoms. The van der Waals surface area contributed by atoms with E-state index >= 15 is 0 Å². The maximum Gasteiger partial charge on any atom is 0.158 e. The van der Waals surface area contributed by atoms with Gasteiger partial charge in [0.15, 0.2) is 5.65 Å². The van der Waals surface area contributed by atoms with Gasteiger partial charge in [0.1, 0.15) is 11.3 Å². The molecule has 0 amide bonds. The molecule has 0 bridgehead atoms. The number of aryl methyl sites for hydroxylation is 3. The van der Waals surface area contributed by atoms with E-state index in [0.717, 1.165) is 42.3 Å². The van der Waals surface area contributed by atoms with Gasteiger partial charge in [-0.25, -0.2) is 4.98 Å². The fourth-order valence-corrected chi connectivity index (χ4v) is 3.23. The third kappa shape index (κ3) is 2.44. The van der Waals surface area contributed by atoms with Crippen molar-refractivity contribution in [2.45, 2.75) is 51.1 Å². The lowest BCUT2D eigenvalue weighted by Gasteiger charge is -2.23. The van der Waals surface area contributed by atoms with E-state index < -0.39 is 0 Å². The third-order valence-corrected chi connectivity index (χ3v) is 4.28. The van der Waals surface area contributed by atoms with Crippen molar-refractivity contribution >= 4 is 22.8 Å². The van der Waals surface area contributed by atoms with Crippen LogP contribution in [0.4, 0.5) is 0 Å². The van der Waals surface area contributed by atoms with E-state index in [1.165, 1.54) is 19.3 Å². The minimum absolute atomic E-state index is 0.374. The van der Waals surface area contributed by atoms with Crippen LogP contribution in [0.5, 0.6) is 0 Å². The van der Waals surface area contributed by atoms with Crippen LogP contribution in [0.1, 0.15) is 37.2 Å². The zero-order valence-corrected chi connectivity index (χ0v) is 12.9. The Bertz CT molecular complexity index is 598. The SMILES string of the molecule is Cc1nn(C)c2c1nc(CCl)n2CCC1CCCCO1. The minimum atomic E-state index is 0.374. The Morgan fingerprint density at radius 2 is 2.25 bits per heavy atom. The molecule has 3 heterocycles. The lowest BCUT2D eigenvalue weighted by atomic mass is 10.1. The van der Waals surface area contributed by atoms with E-state index in [1.807, 2.05) is 18.7 Å². The Hall–Kier alpha value is -1.07. The molecule has 0 aromatic carbocycles. The topological polar surface area (TPSA) is 44.9 Å². The van der Waals surface area contributed by atoms with Crippen LogP contribution in [0.2, 0.25) is 0 Å². The van der Waals surface area contributed by atoms with Gasteiger partial charge in [0, 0.05) is 20.2 Å². The van der Waals surface area contributed by atoms with Crippen molar-refractivity contribution in [1.82, 2.24) is 19.3 Å². The lowest BCUT2D eigenvalue weighted by molar-refractivity contribution is 0.00885. The molecule has 2 aromatic heterocycles. The number of fused-ring (bicyclic) bond motifs is 1. The lowest BCUT2D eigenvalue weighted by Crippen LogP contribution is -2.21. The van der Waals surface area contributed by atoms with Gasteiger partial charge in [0.05, 0.1) is 17.7 Å². The molecule has 1 aliphatic rings. The normalized spacial score (nSPS) is 19.9. The summed E-state index contributed by atoms with van der Waals surface area (Å²) in [4.78, 5) is 4.62. The van der Waals surface area contributed by atoms with E-state index in [1.54, 1.807) is 0 Å². The van der Waals surface area contributed by atoms with Crippen molar-refractivity contribution in [3.63, 3.8) is 0 Å². The number of halogens is 1. The van der Waals surface area contributed by atoms with Crippen LogP contribution in [0.25, 0.3) is 11.2 Å². The molecule has 1 saturated heterocycles. The molecule has 1 aliphatic heterocycles. The van der Waals surface area contributed by atoms with Crippen LogP contribution in [-0.4, -0.2) is 32.0 Å². The molecule has 1 fully saturated rings. The average molecular weight is 297 g/mol. The van der Waals surface area contributed by atoms with E-state index in [9.17, 15) is 0 Å². The highest BCUT2D eigenvalue weighted by molar-refractivity contribution is 6.16. The Morgan fingerprint density at radius 3 is 2.95 bits per heavy atom. The van der Waals surface area contributed by atoms with Gasteiger partial charge in [-0.3, -0.25) is 4.68 Å². The first-order valence-electron chi connectivity index (χ1n) is 7.27. The molecule has 0 saturated carbocycles. The second-order valence-electron chi connectivity index (χ2n) is 5.47. The molecule has 6 heteroatoms. The van der Waals surface area contributed by atoms with Gasteiger partial charge in [-0.1, -0.05) is 0 Å². The third-order valence-electron chi connectivity index (χ3n) is 4.04. The number of aromatic nitrogens is 4. The molecule has 2 aromatic rings. The van der Waals surface area contributed by atoms with Crippen LogP contribution in [0.3, 0.4) is 0 Å². The fourth-order valence-electron chi connectivity index (χ4n) is 3.03. The molecule has 0 N–H and O–H groups in total. The summed E-state index contributed by atoms with van der Waals surface area (Å²) in [7, 11) is 1.96. The zero-order valence-electron chi connectivity index (χ0n) is 12.1. The van der Waals surface area contributed by atoms with Crippen LogP contribution >= 0.6 is 11.6 Å². The zero-order chi connectivity index (χ0) is 14.1. The highest BCUT2D eigenvalue weighted by Gasteiger charge is 2.19. The molecule has 0 spiro atoms. The molecule has 0 aliphatic carbocycles. The first-order valence-corrected chi connectivity index (χ1v) is 7.80. The number of nitrogens with zero attached hydrogens (tertiary/aromatic N) is 4. The number of hydrogen-bond acceptors (Lipinski definition) is 3. The fraction of sp³-hybridized carbons (Fsp3) is 0.714. The summed E-state index contributed by atoms with van der Waals surface area (Å²) < 4.78 is 9.90. The Kier molecular flexibility index (Phi) is 3.98. The smallest absolute Gasteiger partial charge is 0.158 e. The second-order valence-corrected chi connectivity index (χ2v) is 5.74. The molecular formula is C14H21ClN4O. The molecule has 110 valence electrons. The number of rotatable bonds is 4. The summed E-state index contributed by atoms with van der Waals surface area (Å²) >= 11 is 6.04. The highest BCUT2D eigenvalue weighted by atomic mass is 35.5. The molecule has 3 rings (SSSR count). The molecule has 0 radical (unpaired) electrons. The molecule has 5 nitrogen and oxygen atoms in total. The maximum absolute atomic E-state index is 6.04. The van der Waals surface area contributed by atoms with Gasteiger partial charge >= 0.3 is 0 Å². The quantitative estimate of drug-likeness (QED) is 0.815. The first kappa shape index (κ1) is 13.9. The Labute approximate surface area is 123 Å². The van der Waals surface area contributed by atoms with Gasteiger partial charge < -0.3 is 9.30 Å². The van der Waals surface area contributed by atoms with Crippen molar-refractivity contribution < 1.29 is 4.74 Å². The van der Waals surface area contributed by atoms with E-state index in [0.29, 0.717) is 12.0 Å². The van der Waals surface area contributed by atoms with Crippen LogP contribution in [-0.2, 0) is 24.2 Å². The van der Waals surface area contributed by atoms with Crippen molar-refractivity contribution in [2.24, 2.45) is 7.05 Å². The summed E-state index contributed by atoms with van der Waals surface area (Å²) in [5.74, 6) is 1.35. The summed E-state index contributed by atoms with van der Waals surface area (Å²) in [5, 5.41) is 4.44. The number of ether oxygens (including phenoxy) is 1. The van der Waals surface area contributed by atoms with Gasteiger partial charge in [-0.15, -0.1) is 11.6 Å². The van der Waals surface area contributed by atoms with Gasteiger partial charge in [0.25, 0.3) is 0 Å². The van der Waals surface area contributed by atoms with Crippen LogP contribution in [0, 0.1) is 6.92 Å². The Morgan fingerprint density at radius 1 is 1.40 bits per heavy atom. The molecular weight excluding hydrogens is 276 g/mol. The summed E-state index contributed by atoms with van der Waals surface area (Å²) in [5.41, 5.74) is 2.99. The maximum atomic E-state index is 6.04. The van der Waals surface area contributed by atoms with Gasteiger partial charge in [0.2, 0.25) is 0 Å². The summed E-state index contributed by atoms with van der Waals surface area (Å²) in [6, 6.07) is 0. The monoisotopic (exact) mass is 296 g/mol.